The number of carbonyl (C=O) groups is 2. The molecule has 17 heavy (non-hydrogen) atoms. The van der Waals surface area contributed by atoms with E-state index >= 15 is 0 Å². The molecule has 0 heterocycles. The summed E-state index contributed by atoms with van der Waals surface area (Å²) in [4.78, 5) is 18.6. The molecule has 0 aliphatic heterocycles. The molecule has 0 bridgehead atoms. The van der Waals surface area contributed by atoms with E-state index in [1.807, 2.05) is 0 Å². The quantitative estimate of drug-likeness (QED) is 0.274. The Labute approximate surface area is 97.2 Å². The monoisotopic (exact) mass is 258 g/mol. The fraction of sp³-hybridized carbons (Fsp3) is 0.750. The van der Waals surface area contributed by atoms with Gasteiger partial charge in [-0.25, -0.2) is 9.59 Å². The molecule has 0 spiro atoms. The van der Waals surface area contributed by atoms with E-state index in [2.05, 4.69) is 0 Å². The zero-order valence-electron chi connectivity index (χ0n) is 9.22. The van der Waals surface area contributed by atoms with Gasteiger partial charge in [-0.05, 0) is 6.92 Å². The summed E-state index contributed by atoms with van der Waals surface area (Å²) in [7, 11) is 0. The van der Waals surface area contributed by atoms with Crippen molar-refractivity contribution in [3.05, 3.63) is 0 Å². The minimum atomic E-state index is -1.23. The summed E-state index contributed by atoms with van der Waals surface area (Å²) < 4.78 is 0. The van der Waals surface area contributed by atoms with Gasteiger partial charge in [0.25, 0.3) is 0 Å². The molecule has 0 aromatic carbocycles. The molecule has 0 amide bonds. The van der Waals surface area contributed by atoms with Crippen molar-refractivity contribution in [2.24, 2.45) is 0 Å². The van der Waals surface area contributed by atoms with Crippen LogP contribution in [0.3, 0.4) is 0 Å². The molecule has 9 heteroatoms. The van der Waals surface area contributed by atoms with Crippen molar-refractivity contribution in [1.82, 2.24) is 0 Å². The molecule has 0 aliphatic rings. The van der Waals surface area contributed by atoms with Crippen LogP contribution in [0.2, 0.25) is 0 Å². The highest BCUT2D eigenvalue weighted by Gasteiger charge is 2.01. The third-order valence-electron chi connectivity index (χ3n) is 0.914. The molecule has 1 unspecified atom stereocenters. The van der Waals surface area contributed by atoms with Gasteiger partial charge in [0.15, 0.2) is 0 Å². The zero-order valence-corrected chi connectivity index (χ0v) is 9.22. The van der Waals surface area contributed by atoms with Crippen LogP contribution in [0.1, 0.15) is 6.92 Å². The summed E-state index contributed by atoms with van der Waals surface area (Å²) in [5.74, 6) is -2.37. The topological polar surface area (TPSA) is 176 Å². The van der Waals surface area contributed by atoms with E-state index < -0.39 is 30.8 Å². The fourth-order valence-electron chi connectivity index (χ4n) is 0.0577. The molecular formula is C8H18O9. The Morgan fingerprint density at radius 2 is 1.24 bits per heavy atom. The van der Waals surface area contributed by atoms with Crippen LogP contribution in [0, 0.1) is 0 Å². The van der Waals surface area contributed by atoms with E-state index in [1.165, 1.54) is 6.92 Å². The maximum absolute atomic E-state index is 9.45. The minimum absolute atomic E-state index is 0.365. The number of aliphatic hydroxyl groups is 5. The van der Waals surface area contributed by atoms with Gasteiger partial charge in [0.1, 0.15) is 18.8 Å². The maximum atomic E-state index is 9.45. The standard InChI is InChI=1S/C3H8O3.C3H6O3.C2H4O3/c4-1-3(6)2-5;1-2(4)3(5)6;3-1-2(4)5/h3-6H,1-2H2;2,4H,1H3,(H,5,6);3H,1H2,(H,4,5). The van der Waals surface area contributed by atoms with Crippen LogP contribution in [0.5, 0.6) is 0 Å². The molecule has 0 rings (SSSR count). The molecule has 7 N–H and O–H groups in total. The highest BCUT2D eigenvalue weighted by Crippen LogP contribution is 1.73. The van der Waals surface area contributed by atoms with E-state index in [4.69, 9.17) is 40.5 Å². The molecule has 9 nitrogen and oxygen atoms in total. The number of aliphatic hydroxyl groups excluding tert-OH is 5. The third-order valence-corrected chi connectivity index (χ3v) is 0.914. The van der Waals surface area contributed by atoms with Gasteiger partial charge < -0.3 is 35.7 Å². The molecule has 0 fully saturated rings. The summed E-state index contributed by atoms with van der Waals surface area (Å²) in [6.07, 6.45) is -2.19. The van der Waals surface area contributed by atoms with E-state index in [0.717, 1.165) is 0 Å². The van der Waals surface area contributed by atoms with Crippen molar-refractivity contribution < 1.29 is 45.3 Å². The van der Waals surface area contributed by atoms with E-state index in [1.54, 1.807) is 0 Å². The van der Waals surface area contributed by atoms with Gasteiger partial charge in [0, 0.05) is 0 Å². The number of rotatable bonds is 4. The lowest BCUT2D eigenvalue weighted by molar-refractivity contribution is -0.145. The fourth-order valence-corrected chi connectivity index (χ4v) is 0.0577. The lowest BCUT2D eigenvalue weighted by Crippen LogP contribution is -2.15. The summed E-state index contributed by atoms with van der Waals surface area (Å²) >= 11 is 0. The predicted octanol–water partition coefficient (Wildman–Crippen LogP) is -3.15. The van der Waals surface area contributed by atoms with Gasteiger partial charge in [0.2, 0.25) is 0 Å². The van der Waals surface area contributed by atoms with Crippen LogP contribution >= 0.6 is 0 Å². The number of hydrogen-bond donors (Lipinski definition) is 7. The molecule has 1 atom stereocenters. The molecule has 104 valence electrons. The lowest BCUT2D eigenvalue weighted by atomic mass is 10.4. The summed E-state index contributed by atoms with van der Waals surface area (Å²) in [6, 6.07) is 0. The van der Waals surface area contributed by atoms with E-state index in [0.29, 0.717) is 0 Å². The van der Waals surface area contributed by atoms with Crippen LogP contribution in [0.15, 0.2) is 0 Å². The molecule has 0 aliphatic carbocycles. The Morgan fingerprint density at radius 3 is 1.24 bits per heavy atom. The summed E-state index contributed by atoms with van der Waals surface area (Å²) in [5, 5.41) is 54.8. The van der Waals surface area contributed by atoms with Gasteiger partial charge in [-0.1, -0.05) is 0 Å². The van der Waals surface area contributed by atoms with Crippen molar-refractivity contribution in [2.45, 2.75) is 19.1 Å². The Bertz CT molecular complexity index is 187. The first-order chi connectivity index (χ1) is 7.72. The minimum Gasteiger partial charge on any atom is -0.480 e. The number of carboxylic acid groups (broad SMARTS) is 2. The van der Waals surface area contributed by atoms with Gasteiger partial charge >= 0.3 is 11.9 Å². The van der Waals surface area contributed by atoms with Gasteiger partial charge in [-0.3, -0.25) is 0 Å². The van der Waals surface area contributed by atoms with Crippen LogP contribution in [-0.2, 0) is 9.59 Å². The highest BCUT2D eigenvalue weighted by molar-refractivity contribution is 5.71. The van der Waals surface area contributed by atoms with Crippen molar-refractivity contribution in [3.8, 4) is 0 Å². The van der Waals surface area contributed by atoms with Gasteiger partial charge in [-0.15, -0.1) is 0 Å². The average molecular weight is 258 g/mol. The van der Waals surface area contributed by atoms with Crippen LogP contribution < -0.4 is 0 Å². The Kier molecular flexibility index (Phi) is 18.3. The summed E-state index contributed by atoms with van der Waals surface area (Å²) in [6.45, 7) is -0.310. The van der Waals surface area contributed by atoms with Crippen molar-refractivity contribution in [2.75, 3.05) is 19.8 Å². The molecule has 0 saturated heterocycles. The largest absolute Gasteiger partial charge is 0.480 e. The van der Waals surface area contributed by atoms with Crippen LogP contribution in [0.4, 0.5) is 0 Å². The maximum Gasteiger partial charge on any atom is 0.332 e. The SMILES string of the molecule is CC(O)C(=O)O.O=C(O)CO.OCC(O)CO. The first kappa shape index (κ1) is 21.1. The third kappa shape index (κ3) is 31.3. The molecule has 0 saturated carbocycles. The van der Waals surface area contributed by atoms with Crippen molar-refractivity contribution >= 4 is 11.9 Å². The summed E-state index contributed by atoms with van der Waals surface area (Å²) in [5.41, 5.74) is 0. The Balaban J connectivity index is -0.000000174. The first-order valence-corrected chi connectivity index (χ1v) is 4.36. The van der Waals surface area contributed by atoms with Crippen LogP contribution in [-0.4, -0.2) is 79.7 Å². The van der Waals surface area contributed by atoms with Crippen LogP contribution in [0.25, 0.3) is 0 Å². The Hall–Kier alpha value is -1.26. The molecular weight excluding hydrogens is 240 g/mol. The first-order valence-electron chi connectivity index (χ1n) is 4.36. The van der Waals surface area contributed by atoms with Crippen molar-refractivity contribution in [3.63, 3.8) is 0 Å². The molecule has 0 radical (unpaired) electrons. The molecule has 0 aromatic rings. The lowest BCUT2D eigenvalue weighted by Gasteiger charge is -1.96. The number of hydrogen-bond acceptors (Lipinski definition) is 7. The number of aliphatic carboxylic acids is 2. The number of carboxylic acids is 2. The highest BCUT2D eigenvalue weighted by atomic mass is 16.4. The average Bonchev–Trinajstić information content (AvgIpc) is 2.29. The van der Waals surface area contributed by atoms with E-state index in [-0.39, 0.29) is 13.2 Å². The second-order valence-corrected chi connectivity index (χ2v) is 2.59. The second-order valence-electron chi connectivity index (χ2n) is 2.59. The van der Waals surface area contributed by atoms with Gasteiger partial charge in [0.05, 0.1) is 13.2 Å². The molecule has 0 aromatic heterocycles. The Morgan fingerprint density at radius 1 is 1.00 bits per heavy atom. The van der Waals surface area contributed by atoms with Crippen molar-refractivity contribution in [1.29, 1.82) is 0 Å². The smallest absolute Gasteiger partial charge is 0.332 e. The zero-order chi connectivity index (χ0) is 14.4. The predicted molar refractivity (Wildman–Crippen MR) is 54.2 cm³/mol. The van der Waals surface area contributed by atoms with Gasteiger partial charge in [-0.2, -0.15) is 0 Å². The van der Waals surface area contributed by atoms with E-state index in [9.17, 15) is 4.79 Å². The second kappa shape index (κ2) is 14.7. The normalized spacial score (nSPS) is 10.5.